The van der Waals surface area contributed by atoms with Gasteiger partial charge in [-0.2, -0.15) is 0 Å². The summed E-state index contributed by atoms with van der Waals surface area (Å²) >= 11 is 5.97. The van der Waals surface area contributed by atoms with Crippen molar-refractivity contribution in [3.05, 3.63) is 88.9 Å². The third-order valence-corrected chi connectivity index (χ3v) is 8.60. The molecule has 0 unspecified atom stereocenters. The summed E-state index contributed by atoms with van der Waals surface area (Å²) in [4.78, 5) is 15.6. The minimum absolute atomic E-state index is 0.0514. The Morgan fingerprint density at radius 2 is 1.61 bits per heavy atom. The van der Waals surface area contributed by atoms with Gasteiger partial charge in [0.25, 0.3) is 10.0 Å². The maximum Gasteiger partial charge on any atom is 0.264 e. The van der Waals surface area contributed by atoms with Gasteiger partial charge in [0, 0.05) is 18.1 Å². The molecule has 1 saturated heterocycles. The van der Waals surface area contributed by atoms with E-state index in [4.69, 9.17) is 16.3 Å². The third kappa shape index (κ3) is 7.28. The molecule has 202 valence electrons. The molecule has 9 heteroatoms. The van der Waals surface area contributed by atoms with E-state index in [1.165, 1.54) is 49.1 Å². The second-order valence-electron chi connectivity index (χ2n) is 9.27. The van der Waals surface area contributed by atoms with Crippen molar-refractivity contribution in [2.75, 3.05) is 30.5 Å². The van der Waals surface area contributed by atoms with Gasteiger partial charge in [0.1, 0.15) is 12.3 Å². The van der Waals surface area contributed by atoms with Crippen molar-refractivity contribution in [2.45, 2.75) is 44.2 Å². The molecule has 0 aromatic heterocycles. The number of sulfonamides is 1. The predicted molar refractivity (Wildman–Crippen MR) is 151 cm³/mol. The number of piperidine rings is 1. The van der Waals surface area contributed by atoms with Crippen molar-refractivity contribution in [3.63, 3.8) is 0 Å². The summed E-state index contributed by atoms with van der Waals surface area (Å²) in [5.41, 5.74) is 2.57. The van der Waals surface area contributed by atoms with Crippen LogP contribution in [0.4, 0.5) is 5.69 Å². The standard InChI is InChI=1S/C29H34ClN3O4S/c1-2-37-27-14-12-26(13-15-27)33(38(35,36)28-16-10-25(30)11-17-28)22-29(34)31-20-23-8-4-5-9-24(23)21-32-18-6-3-7-19-32/h4-5,8-17H,2-3,6-7,18-22H2,1H3,(H,31,34). The molecule has 1 fully saturated rings. The summed E-state index contributed by atoms with van der Waals surface area (Å²) in [6.45, 7) is 5.33. The quantitative estimate of drug-likeness (QED) is 0.350. The van der Waals surface area contributed by atoms with Gasteiger partial charge >= 0.3 is 0 Å². The van der Waals surface area contributed by atoms with Crippen LogP contribution >= 0.6 is 11.6 Å². The van der Waals surface area contributed by atoms with Gasteiger partial charge in [0.2, 0.25) is 5.91 Å². The van der Waals surface area contributed by atoms with E-state index in [1.807, 2.05) is 25.1 Å². The molecule has 0 atom stereocenters. The number of amides is 1. The minimum atomic E-state index is -4.04. The molecule has 4 rings (SSSR count). The molecule has 0 saturated carbocycles. The lowest BCUT2D eigenvalue weighted by Gasteiger charge is -2.27. The van der Waals surface area contributed by atoms with Gasteiger partial charge < -0.3 is 10.1 Å². The van der Waals surface area contributed by atoms with Gasteiger partial charge in [-0.3, -0.25) is 14.0 Å². The third-order valence-electron chi connectivity index (χ3n) is 6.56. The molecule has 0 spiro atoms. The minimum Gasteiger partial charge on any atom is -0.494 e. The highest BCUT2D eigenvalue weighted by Crippen LogP contribution is 2.27. The number of ether oxygens (including phenoxy) is 1. The highest BCUT2D eigenvalue weighted by Gasteiger charge is 2.27. The fourth-order valence-electron chi connectivity index (χ4n) is 4.55. The van der Waals surface area contributed by atoms with E-state index in [9.17, 15) is 13.2 Å². The Balaban J connectivity index is 1.51. The summed E-state index contributed by atoms with van der Waals surface area (Å²) in [5.74, 6) is 0.221. The molecule has 1 N–H and O–H groups in total. The molecule has 3 aromatic carbocycles. The molecule has 1 amide bonds. The SMILES string of the molecule is CCOc1ccc(N(CC(=O)NCc2ccccc2CN2CCCCC2)S(=O)(=O)c2ccc(Cl)cc2)cc1. The normalized spacial score (nSPS) is 14.2. The van der Waals surface area contributed by atoms with E-state index in [2.05, 4.69) is 16.3 Å². The number of hydrogen-bond donors (Lipinski definition) is 1. The van der Waals surface area contributed by atoms with Crippen molar-refractivity contribution in [1.29, 1.82) is 0 Å². The van der Waals surface area contributed by atoms with Crippen molar-refractivity contribution in [2.24, 2.45) is 0 Å². The number of nitrogens with zero attached hydrogens (tertiary/aromatic N) is 2. The summed E-state index contributed by atoms with van der Waals surface area (Å²) in [5, 5.41) is 3.36. The maximum atomic E-state index is 13.6. The van der Waals surface area contributed by atoms with Crippen LogP contribution in [0.25, 0.3) is 0 Å². The first-order valence-corrected chi connectivity index (χ1v) is 14.8. The zero-order chi connectivity index (χ0) is 27.0. The van der Waals surface area contributed by atoms with Gasteiger partial charge in [-0.15, -0.1) is 0 Å². The van der Waals surface area contributed by atoms with Gasteiger partial charge in [0.15, 0.2) is 0 Å². The number of anilines is 1. The summed E-state index contributed by atoms with van der Waals surface area (Å²) in [6, 6.07) is 20.6. The number of rotatable bonds is 11. The Kier molecular flexibility index (Phi) is 9.66. The number of carbonyl (C=O) groups excluding carboxylic acids is 1. The van der Waals surface area contributed by atoms with E-state index in [1.54, 1.807) is 24.3 Å². The molecule has 0 aliphatic carbocycles. The topological polar surface area (TPSA) is 79.0 Å². The van der Waals surface area contributed by atoms with Gasteiger partial charge in [-0.05, 0) is 92.5 Å². The van der Waals surface area contributed by atoms with Crippen LogP contribution in [-0.2, 0) is 27.9 Å². The Labute approximate surface area is 230 Å². The average Bonchev–Trinajstić information content (AvgIpc) is 2.93. The van der Waals surface area contributed by atoms with Crippen LogP contribution in [0.2, 0.25) is 5.02 Å². The van der Waals surface area contributed by atoms with E-state index >= 15 is 0 Å². The number of halogens is 1. The van der Waals surface area contributed by atoms with E-state index in [-0.39, 0.29) is 11.4 Å². The van der Waals surface area contributed by atoms with Gasteiger partial charge in [-0.1, -0.05) is 42.3 Å². The largest absolute Gasteiger partial charge is 0.494 e. The number of hydrogen-bond acceptors (Lipinski definition) is 5. The Morgan fingerprint density at radius 3 is 2.26 bits per heavy atom. The maximum absolute atomic E-state index is 13.6. The van der Waals surface area contributed by atoms with Crippen molar-refractivity contribution >= 4 is 33.2 Å². The van der Waals surface area contributed by atoms with Crippen LogP contribution in [0.15, 0.2) is 77.7 Å². The van der Waals surface area contributed by atoms with Crippen molar-refractivity contribution < 1.29 is 17.9 Å². The molecular formula is C29H34ClN3O4S. The van der Waals surface area contributed by atoms with Crippen LogP contribution < -0.4 is 14.4 Å². The van der Waals surface area contributed by atoms with Crippen LogP contribution in [0.5, 0.6) is 5.75 Å². The number of likely N-dealkylation sites (tertiary alicyclic amines) is 1. The van der Waals surface area contributed by atoms with E-state index in [0.29, 0.717) is 29.6 Å². The number of carbonyl (C=O) groups is 1. The van der Waals surface area contributed by atoms with Crippen LogP contribution in [0.1, 0.15) is 37.3 Å². The summed E-state index contributed by atoms with van der Waals surface area (Å²) in [7, 11) is -4.04. The molecule has 1 heterocycles. The first-order chi connectivity index (χ1) is 18.4. The first-order valence-electron chi connectivity index (χ1n) is 12.9. The van der Waals surface area contributed by atoms with Crippen LogP contribution in [-0.4, -0.2) is 45.5 Å². The second kappa shape index (κ2) is 13.1. The molecular weight excluding hydrogens is 522 g/mol. The zero-order valence-corrected chi connectivity index (χ0v) is 23.2. The lowest BCUT2D eigenvalue weighted by atomic mass is 10.0. The summed E-state index contributed by atoms with van der Waals surface area (Å²) < 4.78 is 33.8. The smallest absolute Gasteiger partial charge is 0.264 e. The van der Waals surface area contributed by atoms with E-state index < -0.39 is 15.9 Å². The molecule has 7 nitrogen and oxygen atoms in total. The van der Waals surface area contributed by atoms with E-state index in [0.717, 1.165) is 29.5 Å². The fraction of sp³-hybridized carbons (Fsp3) is 0.345. The first kappa shape index (κ1) is 28.0. The fourth-order valence-corrected chi connectivity index (χ4v) is 6.09. The predicted octanol–water partition coefficient (Wildman–Crippen LogP) is 5.24. The van der Waals surface area contributed by atoms with Crippen molar-refractivity contribution in [3.8, 4) is 5.75 Å². The van der Waals surface area contributed by atoms with Crippen LogP contribution in [0, 0.1) is 0 Å². The molecule has 0 bridgehead atoms. The molecule has 1 aliphatic rings. The number of benzene rings is 3. The summed E-state index contributed by atoms with van der Waals surface area (Å²) in [6.07, 6.45) is 3.70. The molecule has 0 radical (unpaired) electrons. The Hall–Kier alpha value is -3.07. The van der Waals surface area contributed by atoms with Crippen LogP contribution in [0.3, 0.4) is 0 Å². The Bertz CT molecular complexity index is 1310. The van der Waals surface area contributed by atoms with Gasteiger partial charge in [0.05, 0.1) is 17.2 Å². The highest BCUT2D eigenvalue weighted by molar-refractivity contribution is 7.92. The zero-order valence-electron chi connectivity index (χ0n) is 21.6. The molecule has 3 aromatic rings. The average molecular weight is 556 g/mol. The lowest BCUT2D eigenvalue weighted by molar-refractivity contribution is -0.119. The highest BCUT2D eigenvalue weighted by atomic mass is 35.5. The number of nitrogens with one attached hydrogen (secondary N) is 1. The Morgan fingerprint density at radius 1 is 0.947 bits per heavy atom. The van der Waals surface area contributed by atoms with Gasteiger partial charge in [-0.25, -0.2) is 8.42 Å². The monoisotopic (exact) mass is 555 g/mol. The second-order valence-corrected chi connectivity index (χ2v) is 11.6. The lowest BCUT2D eigenvalue weighted by Crippen LogP contribution is -2.40. The van der Waals surface area contributed by atoms with Crippen molar-refractivity contribution in [1.82, 2.24) is 10.2 Å². The molecule has 38 heavy (non-hydrogen) atoms. The molecule has 1 aliphatic heterocycles.